The molecule has 0 bridgehead atoms. The fraction of sp³-hybridized carbons (Fsp3) is 0.0435. The first-order valence-corrected chi connectivity index (χ1v) is 9.03. The normalized spacial score (nSPS) is 10.6. The number of carbonyl (C=O) groups is 2. The molecule has 0 amide bonds. The summed E-state index contributed by atoms with van der Waals surface area (Å²) < 4.78 is 23.5. The van der Waals surface area contributed by atoms with E-state index in [1.54, 1.807) is 43.3 Å². The van der Waals surface area contributed by atoms with Crippen molar-refractivity contribution in [1.82, 2.24) is 10.1 Å². The Morgan fingerprint density at radius 2 is 1.40 bits per heavy atom. The van der Waals surface area contributed by atoms with Gasteiger partial charge in [0.1, 0.15) is 11.6 Å². The maximum atomic E-state index is 13.0. The molecule has 4 rings (SSSR count). The number of ketones is 1. The molecule has 0 saturated carbocycles. The summed E-state index contributed by atoms with van der Waals surface area (Å²) in [5, 5.41) is 3.73. The van der Waals surface area contributed by atoms with E-state index in [2.05, 4.69) is 10.1 Å². The van der Waals surface area contributed by atoms with Gasteiger partial charge >= 0.3 is 5.97 Å². The number of esters is 1. The molecule has 0 aliphatic carbocycles. The summed E-state index contributed by atoms with van der Waals surface area (Å²) in [5.74, 6) is -0.00873. The Hall–Kier alpha value is -4.13. The van der Waals surface area contributed by atoms with Gasteiger partial charge in [-0.1, -0.05) is 5.16 Å². The number of rotatable bonds is 5. The van der Waals surface area contributed by atoms with Gasteiger partial charge in [0.2, 0.25) is 0 Å². The fourth-order valence-electron chi connectivity index (χ4n) is 2.77. The van der Waals surface area contributed by atoms with Gasteiger partial charge in [-0.3, -0.25) is 4.79 Å². The third-order valence-corrected chi connectivity index (χ3v) is 4.33. The van der Waals surface area contributed by atoms with E-state index < -0.39 is 11.8 Å². The van der Waals surface area contributed by atoms with Crippen LogP contribution in [0.5, 0.6) is 5.75 Å². The van der Waals surface area contributed by atoms with Crippen LogP contribution in [-0.2, 0) is 0 Å². The number of hydrogen-bond acceptors (Lipinski definition) is 6. The standard InChI is InChI=1S/C23H15FN2O4/c1-14-25-22(30-26-14)17-2-4-18(5-3-17)23(28)29-20-12-8-16(9-13-20)21(27)15-6-10-19(24)11-7-15/h2-13H,1H3. The lowest BCUT2D eigenvalue weighted by molar-refractivity contribution is 0.0734. The van der Waals surface area contributed by atoms with Crippen molar-refractivity contribution in [2.75, 3.05) is 0 Å². The number of carbonyl (C=O) groups excluding carboxylic acids is 2. The molecule has 0 saturated heterocycles. The Labute approximate surface area is 170 Å². The van der Waals surface area contributed by atoms with Gasteiger partial charge in [-0.15, -0.1) is 0 Å². The third kappa shape index (κ3) is 4.15. The summed E-state index contributed by atoms with van der Waals surface area (Å²) in [6.45, 7) is 1.72. The highest BCUT2D eigenvalue weighted by molar-refractivity contribution is 6.09. The quantitative estimate of drug-likeness (QED) is 0.275. The van der Waals surface area contributed by atoms with E-state index in [1.165, 1.54) is 36.4 Å². The lowest BCUT2D eigenvalue weighted by Gasteiger charge is -2.06. The van der Waals surface area contributed by atoms with Gasteiger partial charge in [0.15, 0.2) is 11.6 Å². The Balaban J connectivity index is 1.43. The van der Waals surface area contributed by atoms with E-state index in [4.69, 9.17) is 9.26 Å². The van der Waals surface area contributed by atoms with Gasteiger partial charge in [0.25, 0.3) is 5.89 Å². The van der Waals surface area contributed by atoms with E-state index in [9.17, 15) is 14.0 Å². The van der Waals surface area contributed by atoms with E-state index >= 15 is 0 Å². The molecule has 3 aromatic carbocycles. The van der Waals surface area contributed by atoms with Crippen LogP contribution in [0.1, 0.15) is 32.1 Å². The zero-order valence-electron chi connectivity index (χ0n) is 15.8. The molecule has 0 unspecified atom stereocenters. The van der Waals surface area contributed by atoms with Crippen LogP contribution in [0, 0.1) is 12.7 Å². The van der Waals surface area contributed by atoms with Crippen LogP contribution in [0.25, 0.3) is 11.5 Å². The molecule has 0 spiro atoms. The second-order valence-corrected chi connectivity index (χ2v) is 6.47. The molecule has 148 valence electrons. The molecule has 30 heavy (non-hydrogen) atoms. The van der Waals surface area contributed by atoms with Crippen LogP contribution < -0.4 is 4.74 Å². The molecule has 7 heteroatoms. The van der Waals surface area contributed by atoms with Gasteiger partial charge in [-0.25, -0.2) is 9.18 Å². The second-order valence-electron chi connectivity index (χ2n) is 6.47. The van der Waals surface area contributed by atoms with Crippen molar-refractivity contribution in [3.8, 4) is 17.2 Å². The molecular formula is C23H15FN2O4. The van der Waals surface area contributed by atoms with Crippen molar-refractivity contribution in [2.45, 2.75) is 6.92 Å². The topological polar surface area (TPSA) is 82.3 Å². The van der Waals surface area contributed by atoms with Gasteiger partial charge in [0, 0.05) is 16.7 Å². The predicted molar refractivity (Wildman–Crippen MR) is 106 cm³/mol. The first kappa shape index (κ1) is 19.2. The summed E-state index contributed by atoms with van der Waals surface area (Å²) in [4.78, 5) is 28.9. The molecule has 1 heterocycles. The highest BCUT2D eigenvalue weighted by Gasteiger charge is 2.13. The maximum absolute atomic E-state index is 13.0. The lowest BCUT2D eigenvalue weighted by Crippen LogP contribution is -2.08. The van der Waals surface area contributed by atoms with Gasteiger partial charge < -0.3 is 9.26 Å². The lowest BCUT2D eigenvalue weighted by atomic mass is 10.0. The molecule has 0 radical (unpaired) electrons. The predicted octanol–water partition coefficient (Wildman–Crippen LogP) is 4.63. The van der Waals surface area contributed by atoms with Gasteiger partial charge in [-0.05, 0) is 79.7 Å². The van der Waals surface area contributed by atoms with Crippen molar-refractivity contribution in [1.29, 1.82) is 0 Å². The van der Waals surface area contributed by atoms with Crippen LogP contribution in [0.2, 0.25) is 0 Å². The highest BCUT2D eigenvalue weighted by atomic mass is 19.1. The zero-order chi connectivity index (χ0) is 21.1. The number of halogens is 1. The van der Waals surface area contributed by atoms with E-state index in [0.717, 1.165) is 0 Å². The van der Waals surface area contributed by atoms with Gasteiger partial charge in [0.05, 0.1) is 5.56 Å². The van der Waals surface area contributed by atoms with Crippen LogP contribution in [-0.4, -0.2) is 21.9 Å². The fourth-order valence-corrected chi connectivity index (χ4v) is 2.77. The minimum absolute atomic E-state index is 0.250. The first-order chi connectivity index (χ1) is 14.5. The molecular weight excluding hydrogens is 387 g/mol. The van der Waals surface area contributed by atoms with Crippen molar-refractivity contribution in [2.24, 2.45) is 0 Å². The molecule has 0 aliphatic rings. The van der Waals surface area contributed by atoms with Crippen LogP contribution >= 0.6 is 0 Å². The first-order valence-electron chi connectivity index (χ1n) is 9.03. The SMILES string of the molecule is Cc1noc(-c2ccc(C(=O)Oc3ccc(C(=O)c4ccc(F)cc4)cc3)cc2)n1. The van der Waals surface area contributed by atoms with Crippen molar-refractivity contribution in [3.63, 3.8) is 0 Å². The molecule has 4 aromatic rings. The minimum atomic E-state index is -0.541. The molecule has 1 aromatic heterocycles. The summed E-state index contributed by atoms with van der Waals surface area (Å²) in [7, 11) is 0. The Morgan fingerprint density at radius 1 is 0.833 bits per heavy atom. The number of aromatic nitrogens is 2. The van der Waals surface area contributed by atoms with Crippen LogP contribution in [0.4, 0.5) is 4.39 Å². The van der Waals surface area contributed by atoms with Crippen LogP contribution in [0.15, 0.2) is 77.3 Å². The molecule has 6 nitrogen and oxygen atoms in total. The minimum Gasteiger partial charge on any atom is -0.423 e. The average Bonchev–Trinajstić information content (AvgIpc) is 3.21. The van der Waals surface area contributed by atoms with E-state index in [-0.39, 0.29) is 5.78 Å². The smallest absolute Gasteiger partial charge is 0.343 e. The Kier molecular flexibility index (Phi) is 5.17. The molecule has 0 N–H and O–H groups in total. The summed E-state index contributed by atoms with van der Waals surface area (Å²) >= 11 is 0. The van der Waals surface area contributed by atoms with Crippen molar-refractivity contribution in [3.05, 3.63) is 101 Å². The summed E-state index contributed by atoms with van der Waals surface area (Å²) in [6, 6.07) is 18.0. The monoisotopic (exact) mass is 402 g/mol. The largest absolute Gasteiger partial charge is 0.423 e. The van der Waals surface area contributed by atoms with Crippen molar-refractivity contribution < 1.29 is 23.2 Å². The zero-order valence-corrected chi connectivity index (χ0v) is 15.8. The van der Waals surface area contributed by atoms with E-state index in [0.29, 0.717) is 39.7 Å². The second kappa shape index (κ2) is 8.08. The van der Waals surface area contributed by atoms with Gasteiger partial charge in [-0.2, -0.15) is 4.98 Å². The number of benzene rings is 3. The Bertz CT molecular complexity index is 1200. The summed E-state index contributed by atoms with van der Waals surface area (Å²) in [5.41, 5.74) is 1.82. The highest BCUT2D eigenvalue weighted by Crippen LogP contribution is 2.20. The van der Waals surface area contributed by atoms with E-state index in [1.807, 2.05) is 0 Å². The maximum Gasteiger partial charge on any atom is 0.343 e. The van der Waals surface area contributed by atoms with Crippen LogP contribution in [0.3, 0.4) is 0 Å². The number of ether oxygens (including phenoxy) is 1. The summed E-state index contributed by atoms with van der Waals surface area (Å²) in [6.07, 6.45) is 0. The number of aryl methyl sites for hydroxylation is 1. The Morgan fingerprint density at radius 3 is 1.97 bits per heavy atom. The third-order valence-electron chi connectivity index (χ3n) is 4.33. The number of nitrogens with zero attached hydrogens (tertiary/aromatic N) is 2. The molecule has 0 atom stereocenters. The molecule has 0 aliphatic heterocycles. The average molecular weight is 402 g/mol. The van der Waals surface area contributed by atoms with Crippen molar-refractivity contribution >= 4 is 11.8 Å². The number of hydrogen-bond donors (Lipinski definition) is 0. The molecule has 0 fully saturated rings.